The minimum absolute atomic E-state index is 0.0710. The fraction of sp³-hybridized carbons (Fsp3) is 0.500. The van der Waals surface area contributed by atoms with Crippen LogP contribution in [-0.4, -0.2) is 48.6 Å². The van der Waals surface area contributed by atoms with Gasteiger partial charge in [-0.2, -0.15) is 0 Å². The summed E-state index contributed by atoms with van der Waals surface area (Å²) < 4.78 is 0. The number of urea groups is 1. The van der Waals surface area contributed by atoms with Crippen LogP contribution >= 0.6 is 0 Å². The van der Waals surface area contributed by atoms with E-state index in [9.17, 15) is 4.79 Å². The molecule has 0 bridgehead atoms. The molecule has 2 aliphatic heterocycles. The first kappa shape index (κ1) is 12.3. The van der Waals surface area contributed by atoms with E-state index in [1.54, 1.807) is 0 Å². The highest BCUT2D eigenvalue weighted by atomic mass is 16.2. The number of nitrogens with one attached hydrogen (secondary N) is 1. The summed E-state index contributed by atoms with van der Waals surface area (Å²) in [6.07, 6.45) is 1.07. The molecular formula is C14H20N4O. The average Bonchev–Trinajstić information content (AvgIpc) is 2.81. The number of fused-ring (bicyclic) bond motifs is 1. The SMILES string of the molecule is Nc1ccc2c(c1)CN(CCN1CCNC1=O)CC2. The second-order valence-electron chi connectivity index (χ2n) is 5.27. The highest BCUT2D eigenvalue weighted by molar-refractivity contribution is 5.76. The van der Waals surface area contributed by atoms with E-state index in [-0.39, 0.29) is 6.03 Å². The molecule has 19 heavy (non-hydrogen) atoms. The van der Waals surface area contributed by atoms with Gasteiger partial charge in [-0.3, -0.25) is 4.90 Å². The summed E-state index contributed by atoms with van der Waals surface area (Å²) in [6.45, 7) is 5.35. The van der Waals surface area contributed by atoms with E-state index >= 15 is 0 Å². The largest absolute Gasteiger partial charge is 0.399 e. The van der Waals surface area contributed by atoms with Gasteiger partial charge in [0.25, 0.3) is 0 Å². The molecule has 0 spiro atoms. The Morgan fingerprint density at radius 3 is 2.89 bits per heavy atom. The Morgan fingerprint density at radius 1 is 1.21 bits per heavy atom. The summed E-state index contributed by atoms with van der Waals surface area (Å²) in [5, 5.41) is 2.83. The Balaban J connectivity index is 1.58. The molecule has 0 aromatic heterocycles. The van der Waals surface area contributed by atoms with Gasteiger partial charge in [0.2, 0.25) is 0 Å². The first-order valence-electron chi connectivity index (χ1n) is 6.85. The van der Waals surface area contributed by atoms with Gasteiger partial charge in [0.1, 0.15) is 0 Å². The van der Waals surface area contributed by atoms with Gasteiger partial charge in [-0.15, -0.1) is 0 Å². The lowest BCUT2D eigenvalue weighted by molar-refractivity contribution is 0.195. The van der Waals surface area contributed by atoms with Crippen LogP contribution in [0.2, 0.25) is 0 Å². The summed E-state index contributed by atoms with van der Waals surface area (Å²) in [4.78, 5) is 15.7. The van der Waals surface area contributed by atoms with Crippen LogP contribution in [0.1, 0.15) is 11.1 Å². The first-order valence-corrected chi connectivity index (χ1v) is 6.85. The lowest BCUT2D eigenvalue weighted by Crippen LogP contribution is -2.39. The van der Waals surface area contributed by atoms with Crippen molar-refractivity contribution >= 4 is 11.7 Å². The molecule has 102 valence electrons. The van der Waals surface area contributed by atoms with E-state index in [4.69, 9.17) is 5.73 Å². The zero-order chi connectivity index (χ0) is 13.2. The molecule has 2 amide bonds. The zero-order valence-corrected chi connectivity index (χ0v) is 11.1. The number of nitrogen functional groups attached to an aromatic ring is 1. The third-order valence-corrected chi connectivity index (χ3v) is 3.95. The van der Waals surface area contributed by atoms with Crippen molar-refractivity contribution in [3.63, 3.8) is 0 Å². The first-order chi connectivity index (χ1) is 9.22. The van der Waals surface area contributed by atoms with Gasteiger partial charge in [-0.25, -0.2) is 4.79 Å². The Bertz CT molecular complexity index is 488. The van der Waals surface area contributed by atoms with Crippen molar-refractivity contribution in [2.24, 2.45) is 0 Å². The van der Waals surface area contributed by atoms with Crippen LogP contribution in [0, 0.1) is 0 Å². The van der Waals surface area contributed by atoms with E-state index in [0.29, 0.717) is 0 Å². The number of benzene rings is 1. The molecule has 3 rings (SSSR count). The quantitative estimate of drug-likeness (QED) is 0.785. The van der Waals surface area contributed by atoms with Gasteiger partial charge in [0, 0.05) is 45.0 Å². The number of nitrogens with zero attached hydrogens (tertiary/aromatic N) is 2. The third-order valence-electron chi connectivity index (χ3n) is 3.95. The van der Waals surface area contributed by atoms with E-state index in [0.717, 1.165) is 51.4 Å². The Labute approximate surface area is 113 Å². The maximum atomic E-state index is 11.5. The van der Waals surface area contributed by atoms with Crippen LogP contribution in [0.15, 0.2) is 18.2 Å². The number of carbonyl (C=O) groups is 1. The van der Waals surface area contributed by atoms with Crippen molar-refractivity contribution in [2.45, 2.75) is 13.0 Å². The van der Waals surface area contributed by atoms with Crippen molar-refractivity contribution in [3.8, 4) is 0 Å². The van der Waals surface area contributed by atoms with Crippen LogP contribution in [0.25, 0.3) is 0 Å². The maximum absolute atomic E-state index is 11.5. The molecule has 2 heterocycles. The van der Waals surface area contributed by atoms with Gasteiger partial charge in [0.05, 0.1) is 0 Å². The standard InChI is InChI=1S/C14H20N4O/c15-13-2-1-11-3-5-17(10-12(11)9-13)7-8-18-6-4-16-14(18)19/h1-2,9H,3-8,10,15H2,(H,16,19). The number of hydrogen-bond acceptors (Lipinski definition) is 3. The van der Waals surface area contributed by atoms with Gasteiger partial charge in [-0.05, 0) is 29.7 Å². The van der Waals surface area contributed by atoms with Crippen molar-refractivity contribution in [2.75, 3.05) is 38.5 Å². The van der Waals surface area contributed by atoms with E-state index in [2.05, 4.69) is 22.3 Å². The van der Waals surface area contributed by atoms with Crippen molar-refractivity contribution in [1.82, 2.24) is 15.1 Å². The van der Waals surface area contributed by atoms with Gasteiger partial charge in [-0.1, -0.05) is 6.07 Å². The molecule has 1 aromatic rings. The number of amides is 2. The Hall–Kier alpha value is -1.75. The lowest BCUT2D eigenvalue weighted by Gasteiger charge is -2.30. The normalized spacial score (nSPS) is 19.4. The molecule has 5 heteroatoms. The van der Waals surface area contributed by atoms with Gasteiger partial charge < -0.3 is 16.0 Å². The minimum atomic E-state index is 0.0710. The van der Waals surface area contributed by atoms with Crippen LogP contribution in [0.4, 0.5) is 10.5 Å². The molecule has 2 aliphatic rings. The van der Waals surface area contributed by atoms with Crippen LogP contribution < -0.4 is 11.1 Å². The molecule has 0 aliphatic carbocycles. The van der Waals surface area contributed by atoms with Crippen molar-refractivity contribution < 1.29 is 4.79 Å². The fourth-order valence-electron chi connectivity index (χ4n) is 2.81. The number of rotatable bonds is 3. The summed E-state index contributed by atoms with van der Waals surface area (Å²) in [7, 11) is 0. The molecule has 1 aromatic carbocycles. The minimum Gasteiger partial charge on any atom is -0.399 e. The Morgan fingerprint density at radius 2 is 2.11 bits per heavy atom. The lowest BCUT2D eigenvalue weighted by atomic mass is 9.99. The molecule has 1 fully saturated rings. The highest BCUT2D eigenvalue weighted by Crippen LogP contribution is 2.21. The van der Waals surface area contributed by atoms with Gasteiger partial charge in [0.15, 0.2) is 0 Å². The van der Waals surface area contributed by atoms with Crippen molar-refractivity contribution in [1.29, 1.82) is 0 Å². The van der Waals surface area contributed by atoms with E-state index in [1.807, 2.05) is 11.0 Å². The summed E-state index contributed by atoms with van der Waals surface area (Å²) in [5.74, 6) is 0. The van der Waals surface area contributed by atoms with Crippen LogP contribution in [0.3, 0.4) is 0 Å². The molecule has 0 radical (unpaired) electrons. The smallest absolute Gasteiger partial charge is 0.317 e. The Kier molecular flexibility index (Phi) is 3.29. The predicted octanol–water partition coefficient (Wildman–Crippen LogP) is 0.652. The molecule has 3 N–H and O–H groups in total. The highest BCUT2D eigenvalue weighted by Gasteiger charge is 2.21. The van der Waals surface area contributed by atoms with Crippen molar-refractivity contribution in [3.05, 3.63) is 29.3 Å². The number of anilines is 1. The topological polar surface area (TPSA) is 61.6 Å². The zero-order valence-electron chi connectivity index (χ0n) is 11.1. The maximum Gasteiger partial charge on any atom is 0.317 e. The summed E-state index contributed by atoms with van der Waals surface area (Å²) in [6, 6.07) is 6.25. The number of nitrogens with two attached hydrogens (primary N) is 1. The molecule has 0 saturated carbocycles. The van der Waals surface area contributed by atoms with Gasteiger partial charge >= 0.3 is 6.03 Å². The van der Waals surface area contributed by atoms with Crippen LogP contribution in [0.5, 0.6) is 0 Å². The molecule has 0 unspecified atom stereocenters. The predicted molar refractivity (Wildman–Crippen MR) is 74.8 cm³/mol. The van der Waals surface area contributed by atoms with Crippen LogP contribution in [-0.2, 0) is 13.0 Å². The second-order valence-corrected chi connectivity index (χ2v) is 5.27. The monoisotopic (exact) mass is 260 g/mol. The number of hydrogen-bond donors (Lipinski definition) is 2. The summed E-state index contributed by atoms with van der Waals surface area (Å²) in [5.41, 5.74) is 9.41. The molecular weight excluding hydrogens is 240 g/mol. The summed E-state index contributed by atoms with van der Waals surface area (Å²) >= 11 is 0. The fourth-order valence-corrected chi connectivity index (χ4v) is 2.81. The van der Waals surface area contributed by atoms with E-state index < -0.39 is 0 Å². The third kappa shape index (κ3) is 2.66. The van der Waals surface area contributed by atoms with E-state index in [1.165, 1.54) is 11.1 Å². The molecule has 1 saturated heterocycles. The number of carbonyl (C=O) groups excluding carboxylic acids is 1. The molecule has 0 atom stereocenters. The second kappa shape index (κ2) is 5.09. The average molecular weight is 260 g/mol. The molecule has 5 nitrogen and oxygen atoms in total.